The summed E-state index contributed by atoms with van der Waals surface area (Å²) < 4.78 is 42.0. The minimum absolute atomic E-state index is 0.0287. The Morgan fingerprint density at radius 2 is 1.86 bits per heavy atom. The van der Waals surface area contributed by atoms with Gasteiger partial charge in [0.1, 0.15) is 11.9 Å². The number of nitro groups is 1. The summed E-state index contributed by atoms with van der Waals surface area (Å²) in [5.74, 6) is -0.724. The van der Waals surface area contributed by atoms with Gasteiger partial charge >= 0.3 is 16.3 Å². The predicted molar refractivity (Wildman–Crippen MR) is 101 cm³/mol. The largest absolute Gasteiger partial charge is 0.490 e. The minimum Gasteiger partial charge on any atom is -0.490 e. The van der Waals surface area contributed by atoms with Crippen LogP contribution in [0.15, 0.2) is 24.3 Å². The molecule has 11 heteroatoms. The van der Waals surface area contributed by atoms with Gasteiger partial charge < -0.3 is 13.7 Å². The van der Waals surface area contributed by atoms with Gasteiger partial charge in [-0.2, -0.15) is 12.7 Å². The van der Waals surface area contributed by atoms with Crippen molar-refractivity contribution in [2.24, 2.45) is 5.92 Å². The van der Waals surface area contributed by atoms with Crippen molar-refractivity contribution in [2.75, 3.05) is 19.7 Å². The fraction of sp³-hybridized carbons (Fsp3) is 0.611. The first-order chi connectivity index (χ1) is 13.7. The van der Waals surface area contributed by atoms with Crippen LogP contribution in [0.2, 0.25) is 0 Å². The molecule has 3 rings (SSSR count). The van der Waals surface area contributed by atoms with Crippen LogP contribution >= 0.6 is 0 Å². The summed E-state index contributed by atoms with van der Waals surface area (Å²) in [5, 5.41) is 10.7. The molecule has 2 aliphatic heterocycles. The van der Waals surface area contributed by atoms with Crippen LogP contribution in [0.25, 0.3) is 0 Å². The van der Waals surface area contributed by atoms with Gasteiger partial charge in [-0.05, 0) is 44.7 Å². The Hall–Kier alpha value is -2.24. The highest BCUT2D eigenvalue weighted by Crippen LogP contribution is 2.25. The van der Waals surface area contributed by atoms with Gasteiger partial charge in [-0.3, -0.25) is 14.9 Å². The zero-order valence-corrected chi connectivity index (χ0v) is 16.9. The van der Waals surface area contributed by atoms with E-state index in [4.69, 9.17) is 13.7 Å². The highest BCUT2D eigenvalue weighted by atomic mass is 32.2. The molecule has 0 aliphatic carbocycles. The summed E-state index contributed by atoms with van der Waals surface area (Å²) in [7, 11) is -4.15. The Kier molecular flexibility index (Phi) is 6.70. The van der Waals surface area contributed by atoms with Crippen molar-refractivity contribution in [1.82, 2.24) is 4.31 Å². The maximum atomic E-state index is 12.4. The molecule has 2 fully saturated rings. The lowest BCUT2D eigenvalue weighted by Gasteiger charge is -2.31. The number of ether oxygens (including phenoxy) is 2. The maximum absolute atomic E-state index is 12.4. The van der Waals surface area contributed by atoms with E-state index in [0.717, 1.165) is 4.31 Å². The van der Waals surface area contributed by atoms with Gasteiger partial charge in [0.15, 0.2) is 0 Å². The highest BCUT2D eigenvalue weighted by molar-refractivity contribution is 7.84. The van der Waals surface area contributed by atoms with Crippen molar-refractivity contribution in [1.29, 1.82) is 0 Å². The molecule has 29 heavy (non-hydrogen) atoms. The molecule has 160 valence electrons. The molecule has 0 saturated carbocycles. The van der Waals surface area contributed by atoms with Crippen LogP contribution in [0.3, 0.4) is 0 Å². The van der Waals surface area contributed by atoms with E-state index < -0.39 is 27.1 Å². The zero-order chi connectivity index (χ0) is 21.0. The second-order valence-corrected chi connectivity index (χ2v) is 8.77. The summed E-state index contributed by atoms with van der Waals surface area (Å²) in [5.41, 5.74) is -0.0287. The number of nitro benzene ring substituents is 1. The van der Waals surface area contributed by atoms with E-state index in [1.165, 1.54) is 24.3 Å². The topological polar surface area (TPSA) is 125 Å². The second kappa shape index (κ2) is 9.06. The van der Waals surface area contributed by atoms with Gasteiger partial charge in [0.2, 0.25) is 0 Å². The fourth-order valence-electron chi connectivity index (χ4n) is 3.45. The molecular formula is C18H24N2O8S. The molecule has 2 saturated heterocycles. The molecule has 10 nitrogen and oxygen atoms in total. The highest BCUT2D eigenvalue weighted by Gasteiger charge is 2.35. The van der Waals surface area contributed by atoms with Crippen molar-refractivity contribution in [3.05, 3.63) is 34.4 Å². The van der Waals surface area contributed by atoms with Crippen LogP contribution in [-0.2, 0) is 24.0 Å². The van der Waals surface area contributed by atoms with E-state index in [2.05, 4.69) is 0 Å². The molecule has 1 aromatic carbocycles. The second-order valence-electron chi connectivity index (χ2n) is 7.23. The van der Waals surface area contributed by atoms with E-state index in [9.17, 15) is 23.3 Å². The average Bonchev–Trinajstić information content (AvgIpc) is 2.68. The molecule has 0 aromatic heterocycles. The Balaban J connectivity index is 1.50. The van der Waals surface area contributed by atoms with Crippen molar-refractivity contribution in [3.8, 4) is 5.75 Å². The molecule has 0 N–H and O–H groups in total. The molecule has 0 spiro atoms. The molecule has 0 bridgehead atoms. The number of benzene rings is 1. The summed E-state index contributed by atoms with van der Waals surface area (Å²) >= 11 is 0. The Labute approximate surface area is 169 Å². The molecule has 2 unspecified atom stereocenters. The SMILES string of the molecule is CC1CC(C(=O)OS(=O)(=O)N2CCC(Oc3ccc([N+](=O)[O-])cc3)CC2)CCO1. The number of carbonyl (C=O) groups is 1. The summed E-state index contributed by atoms with van der Waals surface area (Å²) in [6.07, 6.45) is 1.40. The van der Waals surface area contributed by atoms with Gasteiger partial charge in [-0.15, -0.1) is 0 Å². The Morgan fingerprint density at radius 1 is 1.21 bits per heavy atom. The number of hydrogen-bond donors (Lipinski definition) is 0. The zero-order valence-electron chi connectivity index (χ0n) is 16.1. The van der Waals surface area contributed by atoms with E-state index in [1.54, 1.807) is 0 Å². The minimum atomic E-state index is -4.15. The van der Waals surface area contributed by atoms with Crippen molar-refractivity contribution >= 4 is 22.0 Å². The summed E-state index contributed by atoms with van der Waals surface area (Å²) in [4.78, 5) is 22.4. The summed E-state index contributed by atoms with van der Waals surface area (Å²) in [6, 6.07) is 5.73. The molecule has 1 aromatic rings. The van der Waals surface area contributed by atoms with Gasteiger partial charge in [-0.25, -0.2) is 0 Å². The first-order valence-electron chi connectivity index (χ1n) is 9.50. The van der Waals surface area contributed by atoms with Crippen LogP contribution in [0, 0.1) is 16.0 Å². The number of hydrogen-bond acceptors (Lipinski definition) is 8. The average molecular weight is 428 g/mol. The number of carbonyl (C=O) groups excluding carboxylic acids is 1. The van der Waals surface area contributed by atoms with E-state index in [0.29, 0.717) is 38.0 Å². The molecule has 2 aliphatic rings. The Bertz CT molecular complexity index is 834. The normalized spacial score (nSPS) is 24.0. The van der Waals surface area contributed by atoms with E-state index in [1.807, 2.05) is 6.92 Å². The monoisotopic (exact) mass is 428 g/mol. The smallest absolute Gasteiger partial charge is 0.387 e. The summed E-state index contributed by atoms with van der Waals surface area (Å²) in [6.45, 7) is 2.57. The van der Waals surface area contributed by atoms with Crippen LogP contribution in [0.5, 0.6) is 5.75 Å². The third-order valence-corrected chi connectivity index (χ3v) is 6.45. The van der Waals surface area contributed by atoms with Crippen molar-refractivity contribution < 1.29 is 31.8 Å². The van der Waals surface area contributed by atoms with Crippen molar-refractivity contribution in [3.63, 3.8) is 0 Å². The molecule has 0 amide bonds. The molecule has 2 heterocycles. The fourth-order valence-corrected chi connectivity index (χ4v) is 4.56. The maximum Gasteiger partial charge on any atom is 0.387 e. The standard InChI is InChI=1S/C18H24N2O8S/c1-13-12-14(8-11-26-13)18(21)28-29(24,25)19-9-6-17(7-10-19)27-16-4-2-15(3-5-16)20(22)23/h2-5,13-14,17H,6-12H2,1H3. The number of rotatable bonds is 6. The van der Waals surface area contributed by atoms with Gasteiger partial charge in [0.25, 0.3) is 5.69 Å². The van der Waals surface area contributed by atoms with Crippen LogP contribution in [0.1, 0.15) is 32.6 Å². The van der Waals surface area contributed by atoms with Crippen LogP contribution in [-0.4, -0.2) is 55.5 Å². The molecule has 0 radical (unpaired) electrons. The van der Waals surface area contributed by atoms with Gasteiger partial charge in [-0.1, -0.05) is 0 Å². The first kappa shape index (κ1) is 21.5. The third-order valence-electron chi connectivity index (χ3n) is 5.07. The van der Waals surface area contributed by atoms with Crippen LogP contribution in [0.4, 0.5) is 5.69 Å². The van der Waals surface area contributed by atoms with Crippen LogP contribution < -0.4 is 4.74 Å². The Morgan fingerprint density at radius 3 is 2.45 bits per heavy atom. The van der Waals surface area contributed by atoms with Gasteiger partial charge in [0.05, 0.1) is 16.9 Å². The van der Waals surface area contributed by atoms with E-state index in [-0.39, 0.29) is 31.0 Å². The van der Waals surface area contributed by atoms with E-state index >= 15 is 0 Å². The number of non-ortho nitro benzene ring substituents is 1. The lowest BCUT2D eigenvalue weighted by atomic mass is 9.97. The lowest BCUT2D eigenvalue weighted by Crippen LogP contribution is -2.44. The number of piperidine rings is 1. The first-order valence-corrected chi connectivity index (χ1v) is 10.9. The molecular weight excluding hydrogens is 404 g/mol. The van der Waals surface area contributed by atoms with Crippen molar-refractivity contribution in [2.45, 2.75) is 44.8 Å². The molecule has 2 atom stereocenters. The predicted octanol–water partition coefficient (Wildman–Crippen LogP) is 2.04. The quantitative estimate of drug-likeness (QED) is 0.498. The number of nitrogens with zero attached hydrogens (tertiary/aromatic N) is 2. The third kappa shape index (κ3) is 5.64. The van der Waals surface area contributed by atoms with Gasteiger partial charge in [0, 0.05) is 31.8 Å². The lowest BCUT2D eigenvalue weighted by molar-refractivity contribution is -0.384.